The Labute approximate surface area is 95.4 Å². The van der Waals surface area contributed by atoms with Gasteiger partial charge in [0, 0.05) is 6.04 Å². The van der Waals surface area contributed by atoms with E-state index in [2.05, 4.69) is 36.5 Å². The molecule has 1 N–H and O–H groups in total. The van der Waals surface area contributed by atoms with Gasteiger partial charge in [-0.05, 0) is 25.3 Å². The fourth-order valence-corrected chi connectivity index (χ4v) is 2.40. The number of amides is 1. The highest BCUT2D eigenvalue weighted by Gasteiger charge is 2.41. The lowest BCUT2D eigenvalue weighted by molar-refractivity contribution is -0.128. The summed E-state index contributed by atoms with van der Waals surface area (Å²) in [5.41, 5.74) is 2.45. The number of nitrogens with one attached hydrogen (secondary N) is 1. The second-order valence-corrected chi connectivity index (χ2v) is 4.73. The van der Waals surface area contributed by atoms with Crippen molar-refractivity contribution in [2.75, 3.05) is 6.54 Å². The Hall–Kier alpha value is -1.35. The number of benzene rings is 1. The normalized spacial score (nSPS) is 25.2. The molecular formula is C13H16N2O. The minimum atomic E-state index is 0.0971. The number of hydrogen-bond acceptors (Lipinski definition) is 2. The zero-order chi connectivity index (χ0) is 11.1. The van der Waals surface area contributed by atoms with Crippen LogP contribution in [-0.4, -0.2) is 23.4 Å². The van der Waals surface area contributed by atoms with E-state index in [0.717, 1.165) is 12.8 Å². The first-order valence-corrected chi connectivity index (χ1v) is 5.87. The fourth-order valence-electron chi connectivity index (χ4n) is 2.40. The van der Waals surface area contributed by atoms with Crippen LogP contribution in [0.2, 0.25) is 0 Å². The molecule has 3 nitrogen and oxygen atoms in total. The fraction of sp³-hybridized carbons (Fsp3) is 0.462. The Morgan fingerprint density at radius 2 is 2.19 bits per heavy atom. The zero-order valence-electron chi connectivity index (χ0n) is 9.44. The van der Waals surface area contributed by atoms with Crippen LogP contribution in [0.25, 0.3) is 0 Å². The van der Waals surface area contributed by atoms with Gasteiger partial charge in [-0.15, -0.1) is 0 Å². The summed E-state index contributed by atoms with van der Waals surface area (Å²) < 4.78 is 0. The molecule has 1 aromatic rings. The minimum absolute atomic E-state index is 0.0971. The van der Waals surface area contributed by atoms with Crippen LogP contribution in [0, 0.1) is 6.92 Å². The molecule has 1 aliphatic carbocycles. The summed E-state index contributed by atoms with van der Waals surface area (Å²) in [7, 11) is 0. The third-order valence-electron chi connectivity index (χ3n) is 3.31. The van der Waals surface area contributed by atoms with E-state index in [-0.39, 0.29) is 12.1 Å². The number of nitrogens with zero attached hydrogens (tertiary/aromatic N) is 1. The molecule has 0 radical (unpaired) electrons. The molecule has 3 heteroatoms. The van der Waals surface area contributed by atoms with Crippen molar-refractivity contribution in [2.45, 2.75) is 32.0 Å². The topological polar surface area (TPSA) is 32.3 Å². The third kappa shape index (κ3) is 1.61. The average molecular weight is 216 g/mol. The van der Waals surface area contributed by atoms with Crippen molar-refractivity contribution in [3.8, 4) is 0 Å². The zero-order valence-corrected chi connectivity index (χ0v) is 9.44. The highest BCUT2D eigenvalue weighted by molar-refractivity contribution is 5.81. The van der Waals surface area contributed by atoms with Crippen molar-refractivity contribution < 1.29 is 4.79 Å². The maximum absolute atomic E-state index is 11.8. The van der Waals surface area contributed by atoms with Gasteiger partial charge in [0.15, 0.2) is 0 Å². The molecule has 16 heavy (non-hydrogen) atoms. The molecule has 0 spiro atoms. The lowest BCUT2D eigenvalue weighted by atomic mass is 10.1. The quantitative estimate of drug-likeness (QED) is 0.814. The highest BCUT2D eigenvalue weighted by Crippen LogP contribution is 2.35. The monoisotopic (exact) mass is 216 g/mol. The number of aryl methyl sites for hydroxylation is 1. The molecule has 1 amide bonds. The standard InChI is InChI=1S/C13H16N2O/c1-9-3-2-4-10(7-9)13-14-8-12(16)15(13)11-5-6-11/h2-4,7,11,13-14H,5-6,8H2,1H3. The van der Waals surface area contributed by atoms with Gasteiger partial charge in [-0.3, -0.25) is 10.1 Å². The van der Waals surface area contributed by atoms with E-state index in [1.165, 1.54) is 11.1 Å². The molecule has 1 saturated carbocycles. The minimum Gasteiger partial charge on any atom is -0.319 e. The molecule has 2 aliphatic rings. The van der Waals surface area contributed by atoms with E-state index in [4.69, 9.17) is 0 Å². The van der Waals surface area contributed by atoms with E-state index >= 15 is 0 Å². The molecule has 0 bridgehead atoms. The molecule has 1 heterocycles. The SMILES string of the molecule is Cc1cccc(C2NCC(=O)N2C2CC2)c1. The van der Waals surface area contributed by atoms with E-state index in [0.29, 0.717) is 12.6 Å². The molecule has 0 aromatic heterocycles. The Bertz CT molecular complexity index is 426. The number of carbonyl (C=O) groups excluding carboxylic acids is 1. The summed E-state index contributed by atoms with van der Waals surface area (Å²) in [4.78, 5) is 13.8. The Morgan fingerprint density at radius 1 is 1.38 bits per heavy atom. The molecule has 1 unspecified atom stereocenters. The van der Waals surface area contributed by atoms with Gasteiger partial charge < -0.3 is 4.90 Å². The van der Waals surface area contributed by atoms with Crippen molar-refractivity contribution >= 4 is 5.91 Å². The van der Waals surface area contributed by atoms with Gasteiger partial charge >= 0.3 is 0 Å². The highest BCUT2D eigenvalue weighted by atomic mass is 16.2. The predicted molar refractivity (Wildman–Crippen MR) is 61.8 cm³/mol. The van der Waals surface area contributed by atoms with Crippen LogP contribution >= 0.6 is 0 Å². The number of carbonyl (C=O) groups is 1. The van der Waals surface area contributed by atoms with Crippen LogP contribution in [0.4, 0.5) is 0 Å². The summed E-state index contributed by atoms with van der Waals surface area (Å²) in [6, 6.07) is 8.87. The van der Waals surface area contributed by atoms with Gasteiger partial charge in [-0.1, -0.05) is 29.8 Å². The second kappa shape index (κ2) is 3.59. The molecule has 1 aliphatic heterocycles. The van der Waals surface area contributed by atoms with Gasteiger partial charge in [0.1, 0.15) is 6.17 Å². The van der Waals surface area contributed by atoms with Crippen LogP contribution < -0.4 is 5.32 Å². The number of rotatable bonds is 2. The molecular weight excluding hydrogens is 200 g/mol. The lowest BCUT2D eigenvalue weighted by Crippen LogP contribution is -2.32. The van der Waals surface area contributed by atoms with Crippen molar-refractivity contribution in [3.05, 3.63) is 35.4 Å². The molecule has 1 atom stereocenters. The molecule has 2 fully saturated rings. The van der Waals surface area contributed by atoms with Gasteiger partial charge in [0.05, 0.1) is 6.54 Å². The van der Waals surface area contributed by atoms with Crippen LogP contribution in [0.5, 0.6) is 0 Å². The van der Waals surface area contributed by atoms with Gasteiger partial charge in [0.25, 0.3) is 0 Å². The van der Waals surface area contributed by atoms with Crippen LogP contribution in [0.3, 0.4) is 0 Å². The van der Waals surface area contributed by atoms with Crippen LogP contribution in [0.15, 0.2) is 24.3 Å². The Kier molecular flexibility index (Phi) is 2.21. The first-order valence-electron chi connectivity index (χ1n) is 5.87. The van der Waals surface area contributed by atoms with Crippen molar-refractivity contribution in [1.82, 2.24) is 10.2 Å². The Morgan fingerprint density at radius 3 is 2.88 bits per heavy atom. The predicted octanol–water partition coefficient (Wildman–Crippen LogP) is 1.59. The first-order chi connectivity index (χ1) is 7.75. The molecule has 1 aromatic carbocycles. The molecule has 84 valence electrons. The van der Waals surface area contributed by atoms with Crippen molar-refractivity contribution in [2.24, 2.45) is 0 Å². The summed E-state index contributed by atoms with van der Waals surface area (Å²) in [5, 5.41) is 3.30. The van der Waals surface area contributed by atoms with E-state index in [1.807, 2.05) is 4.90 Å². The van der Waals surface area contributed by atoms with Crippen molar-refractivity contribution in [1.29, 1.82) is 0 Å². The summed E-state index contributed by atoms with van der Waals surface area (Å²) >= 11 is 0. The van der Waals surface area contributed by atoms with Crippen molar-refractivity contribution in [3.63, 3.8) is 0 Å². The average Bonchev–Trinajstić information content (AvgIpc) is 3.02. The lowest BCUT2D eigenvalue weighted by Gasteiger charge is -2.24. The molecule has 1 saturated heterocycles. The van der Waals surface area contributed by atoms with E-state index < -0.39 is 0 Å². The Balaban J connectivity index is 1.91. The van der Waals surface area contributed by atoms with Gasteiger partial charge in [-0.2, -0.15) is 0 Å². The maximum atomic E-state index is 11.8. The van der Waals surface area contributed by atoms with Gasteiger partial charge in [0.2, 0.25) is 5.91 Å². The third-order valence-corrected chi connectivity index (χ3v) is 3.31. The van der Waals surface area contributed by atoms with E-state index in [1.54, 1.807) is 0 Å². The largest absolute Gasteiger partial charge is 0.319 e. The summed E-state index contributed by atoms with van der Waals surface area (Å²) in [6.45, 7) is 2.57. The smallest absolute Gasteiger partial charge is 0.238 e. The van der Waals surface area contributed by atoms with E-state index in [9.17, 15) is 4.79 Å². The number of hydrogen-bond donors (Lipinski definition) is 1. The van der Waals surface area contributed by atoms with Crippen LogP contribution in [0.1, 0.15) is 30.1 Å². The summed E-state index contributed by atoms with van der Waals surface area (Å²) in [5.74, 6) is 0.244. The second-order valence-electron chi connectivity index (χ2n) is 4.73. The summed E-state index contributed by atoms with van der Waals surface area (Å²) in [6.07, 6.45) is 2.42. The van der Waals surface area contributed by atoms with Gasteiger partial charge in [-0.25, -0.2) is 0 Å². The molecule has 3 rings (SSSR count). The first kappa shape index (κ1) is 9.85. The van der Waals surface area contributed by atoms with Crippen LogP contribution in [-0.2, 0) is 4.79 Å². The maximum Gasteiger partial charge on any atom is 0.238 e.